The average Bonchev–Trinajstić information content (AvgIpc) is 3.52. The van der Waals surface area contributed by atoms with E-state index in [2.05, 4.69) is 49.6 Å². The number of anilines is 1. The summed E-state index contributed by atoms with van der Waals surface area (Å²) in [5.74, 6) is 2.24. The summed E-state index contributed by atoms with van der Waals surface area (Å²) in [7, 11) is 0. The van der Waals surface area contributed by atoms with Gasteiger partial charge in [-0.15, -0.1) is 0 Å². The first-order valence-electron chi connectivity index (χ1n) is 11.3. The van der Waals surface area contributed by atoms with E-state index in [1.165, 1.54) is 6.33 Å². The van der Waals surface area contributed by atoms with Crippen LogP contribution in [0.5, 0.6) is 11.5 Å². The van der Waals surface area contributed by atoms with Crippen molar-refractivity contribution in [3.8, 4) is 11.5 Å². The summed E-state index contributed by atoms with van der Waals surface area (Å²) in [5, 5.41) is 13.9. The molecule has 0 spiro atoms. The third kappa shape index (κ3) is 4.52. The van der Waals surface area contributed by atoms with Crippen molar-refractivity contribution in [3.63, 3.8) is 0 Å². The summed E-state index contributed by atoms with van der Waals surface area (Å²) in [5.41, 5.74) is 3.14. The summed E-state index contributed by atoms with van der Waals surface area (Å²) in [6.45, 7) is 5.89. The first kappa shape index (κ1) is 21.7. The van der Waals surface area contributed by atoms with E-state index in [1.807, 2.05) is 24.4 Å². The Morgan fingerprint density at radius 1 is 1.15 bits per heavy atom. The second-order valence-electron chi connectivity index (χ2n) is 8.55. The Morgan fingerprint density at radius 3 is 2.79 bits per heavy atom. The zero-order valence-corrected chi connectivity index (χ0v) is 19.1. The van der Waals surface area contributed by atoms with Gasteiger partial charge in [0, 0.05) is 12.7 Å². The number of hydrogen-bond donors (Lipinski definition) is 4. The Hall–Kier alpha value is -4.08. The fraction of sp³-hybridized carbons (Fsp3) is 0.333. The molecule has 0 fully saturated rings. The Balaban J connectivity index is 1.35. The standard InChI is InChI=1S/C24H27N7O3/c1-14(2)21(16-3-4-19-20(9-16)34-8-7-33-19)31-23-17-10-18(30-22(17)26-13-27-23)24(32)25-6-5-15-11-28-29-12-15/h3-4,9-14,21H,5-8H2,1-2H3,(H,25,32)(H,28,29)(H2,26,27,30,31)/t21-/m1/s1. The van der Waals surface area contributed by atoms with Crippen molar-refractivity contribution in [2.24, 2.45) is 5.92 Å². The summed E-state index contributed by atoms with van der Waals surface area (Å²) in [6, 6.07) is 7.75. The van der Waals surface area contributed by atoms with Gasteiger partial charge < -0.3 is 25.1 Å². The van der Waals surface area contributed by atoms with Gasteiger partial charge in [0.25, 0.3) is 5.91 Å². The number of aromatic amines is 2. The van der Waals surface area contributed by atoms with Crippen LogP contribution in [-0.4, -0.2) is 50.8 Å². The molecule has 1 amide bonds. The molecular weight excluding hydrogens is 434 g/mol. The fourth-order valence-corrected chi connectivity index (χ4v) is 4.04. The second-order valence-corrected chi connectivity index (χ2v) is 8.55. The van der Waals surface area contributed by atoms with Crippen molar-refractivity contribution in [2.45, 2.75) is 26.3 Å². The van der Waals surface area contributed by atoms with E-state index in [-0.39, 0.29) is 17.9 Å². The molecule has 1 aromatic carbocycles. The highest BCUT2D eigenvalue weighted by molar-refractivity contribution is 5.99. The van der Waals surface area contributed by atoms with Gasteiger partial charge in [0.15, 0.2) is 11.5 Å². The monoisotopic (exact) mass is 461 g/mol. The smallest absolute Gasteiger partial charge is 0.267 e. The van der Waals surface area contributed by atoms with Gasteiger partial charge in [0.05, 0.1) is 17.6 Å². The Bertz CT molecular complexity index is 1280. The van der Waals surface area contributed by atoms with E-state index in [0.29, 0.717) is 43.3 Å². The van der Waals surface area contributed by atoms with Crippen LogP contribution in [0.2, 0.25) is 0 Å². The molecule has 34 heavy (non-hydrogen) atoms. The van der Waals surface area contributed by atoms with E-state index in [1.54, 1.807) is 12.3 Å². The lowest BCUT2D eigenvalue weighted by atomic mass is 9.95. The number of nitrogens with one attached hydrogen (secondary N) is 4. The zero-order valence-electron chi connectivity index (χ0n) is 19.1. The van der Waals surface area contributed by atoms with E-state index < -0.39 is 0 Å². The SMILES string of the molecule is CC(C)[C@@H](Nc1ncnc2[nH]c(C(=O)NCCc3cn[nH]c3)cc12)c1ccc2c(c1)OCCO2. The summed E-state index contributed by atoms with van der Waals surface area (Å²) >= 11 is 0. The minimum absolute atomic E-state index is 0.0314. The van der Waals surface area contributed by atoms with E-state index in [0.717, 1.165) is 28.0 Å². The first-order chi connectivity index (χ1) is 16.6. The van der Waals surface area contributed by atoms with Crippen molar-refractivity contribution < 1.29 is 14.3 Å². The third-order valence-corrected chi connectivity index (χ3v) is 5.81. The molecule has 0 saturated heterocycles. The molecule has 4 aromatic rings. The molecule has 5 rings (SSSR count). The minimum atomic E-state index is -0.195. The number of amides is 1. The van der Waals surface area contributed by atoms with Crippen LogP contribution in [0.3, 0.4) is 0 Å². The number of fused-ring (bicyclic) bond motifs is 2. The van der Waals surface area contributed by atoms with Gasteiger partial charge in [-0.2, -0.15) is 5.10 Å². The van der Waals surface area contributed by atoms with Crippen LogP contribution >= 0.6 is 0 Å². The quantitative estimate of drug-likeness (QED) is 0.317. The van der Waals surface area contributed by atoms with Crippen molar-refractivity contribution >= 4 is 22.8 Å². The van der Waals surface area contributed by atoms with E-state index in [9.17, 15) is 4.79 Å². The number of rotatable bonds is 8. The Labute approximate surface area is 196 Å². The topological polar surface area (TPSA) is 130 Å². The maximum atomic E-state index is 12.7. The summed E-state index contributed by atoms with van der Waals surface area (Å²) < 4.78 is 11.4. The lowest BCUT2D eigenvalue weighted by Crippen LogP contribution is -2.25. The highest BCUT2D eigenvalue weighted by Gasteiger charge is 2.22. The van der Waals surface area contributed by atoms with Crippen molar-refractivity contribution in [3.05, 3.63) is 59.8 Å². The van der Waals surface area contributed by atoms with Gasteiger partial charge in [-0.1, -0.05) is 19.9 Å². The lowest BCUT2D eigenvalue weighted by Gasteiger charge is -2.26. The predicted octanol–water partition coefficient (Wildman–Crippen LogP) is 3.23. The molecule has 3 aromatic heterocycles. The largest absolute Gasteiger partial charge is 0.486 e. The number of H-pyrrole nitrogens is 2. The number of ether oxygens (including phenoxy) is 2. The number of benzene rings is 1. The minimum Gasteiger partial charge on any atom is -0.486 e. The first-order valence-corrected chi connectivity index (χ1v) is 11.3. The molecule has 176 valence electrons. The number of carbonyl (C=O) groups is 1. The van der Waals surface area contributed by atoms with Crippen LogP contribution < -0.4 is 20.1 Å². The molecular formula is C24H27N7O3. The molecule has 0 radical (unpaired) electrons. The lowest BCUT2D eigenvalue weighted by molar-refractivity contribution is 0.0950. The normalized spacial score (nSPS) is 13.7. The highest BCUT2D eigenvalue weighted by Crippen LogP contribution is 2.36. The highest BCUT2D eigenvalue weighted by atomic mass is 16.6. The van der Waals surface area contributed by atoms with Crippen LogP contribution in [0, 0.1) is 5.92 Å². The van der Waals surface area contributed by atoms with Gasteiger partial charge in [-0.25, -0.2) is 9.97 Å². The second kappa shape index (κ2) is 9.42. The number of aromatic nitrogens is 5. The molecule has 1 atom stereocenters. The maximum Gasteiger partial charge on any atom is 0.267 e. The van der Waals surface area contributed by atoms with Crippen LogP contribution in [0.4, 0.5) is 5.82 Å². The van der Waals surface area contributed by atoms with Crippen LogP contribution in [0.25, 0.3) is 11.0 Å². The maximum absolute atomic E-state index is 12.7. The third-order valence-electron chi connectivity index (χ3n) is 5.81. The molecule has 1 aliphatic heterocycles. The van der Waals surface area contributed by atoms with Crippen LogP contribution in [0.1, 0.15) is 41.5 Å². The van der Waals surface area contributed by atoms with Crippen molar-refractivity contribution in [2.75, 3.05) is 25.1 Å². The van der Waals surface area contributed by atoms with Crippen molar-refractivity contribution in [1.29, 1.82) is 0 Å². The average molecular weight is 462 g/mol. The number of nitrogens with zero attached hydrogens (tertiary/aromatic N) is 3. The fourth-order valence-electron chi connectivity index (χ4n) is 4.04. The van der Waals surface area contributed by atoms with Crippen LogP contribution in [-0.2, 0) is 6.42 Å². The summed E-state index contributed by atoms with van der Waals surface area (Å²) in [6.07, 6.45) is 5.74. The van der Waals surface area contributed by atoms with Gasteiger partial charge in [-0.3, -0.25) is 9.89 Å². The molecule has 4 N–H and O–H groups in total. The molecule has 10 heteroatoms. The zero-order chi connectivity index (χ0) is 23.5. The Kier molecular flexibility index (Phi) is 6.03. The van der Waals surface area contributed by atoms with Gasteiger partial charge >= 0.3 is 0 Å². The molecule has 1 aliphatic rings. The molecule has 4 heterocycles. The van der Waals surface area contributed by atoms with E-state index >= 15 is 0 Å². The predicted molar refractivity (Wildman–Crippen MR) is 127 cm³/mol. The Morgan fingerprint density at radius 2 is 2.00 bits per heavy atom. The molecule has 0 bridgehead atoms. The number of hydrogen-bond acceptors (Lipinski definition) is 7. The van der Waals surface area contributed by atoms with E-state index in [4.69, 9.17) is 9.47 Å². The number of carbonyl (C=O) groups excluding carboxylic acids is 1. The van der Waals surface area contributed by atoms with Gasteiger partial charge in [-0.05, 0) is 41.7 Å². The van der Waals surface area contributed by atoms with Crippen molar-refractivity contribution in [1.82, 2.24) is 30.5 Å². The molecule has 0 saturated carbocycles. The molecule has 0 unspecified atom stereocenters. The molecule has 0 aliphatic carbocycles. The van der Waals surface area contributed by atoms with Gasteiger partial charge in [0.2, 0.25) is 0 Å². The molecule has 10 nitrogen and oxygen atoms in total. The van der Waals surface area contributed by atoms with Gasteiger partial charge in [0.1, 0.15) is 36.7 Å². The summed E-state index contributed by atoms with van der Waals surface area (Å²) in [4.78, 5) is 24.6. The van der Waals surface area contributed by atoms with Crippen LogP contribution in [0.15, 0.2) is 43.0 Å².